The molecule has 0 radical (unpaired) electrons. The number of methoxy groups -OCH3 is 1. The maximum Gasteiger partial charge on any atom is 0.330 e. The Morgan fingerprint density at radius 2 is 2.06 bits per heavy atom. The molecular weight excluding hydrogens is 212 g/mol. The first-order valence-corrected chi connectivity index (χ1v) is 5.27. The molecule has 1 rings (SSSR count). The molecule has 0 saturated carbocycles. The second kappa shape index (κ2) is 5.60. The maximum absolute atomic E-state index is 11.8. The molecule has 1 unspecified atom stereocenters. The number of rotatable bonds is 5. The standard InChI is InChI=1S/C10H16N2O4/c1-3-4-7-8(13)11-10(15)12(9(7)14)5-6-16-2/h7H,3-6H2,1-2H3,(H,11,13,15). The van der Waals surface area contributed by atoms with Crippen molar-refractivity contribution in [1.82, 2.24) is 10.2 Å². The van der Waals surface area contributed by atoms with Gasteiger partial charge in [-0.1, -0.05) is 13.3 Å². The highest BCUT2D eigenvalue weighted by Gasteiger charge is 2.39. The number of nitrogens with one attached hydrogen (secondary N) is 1. The quantitative estimate of drug-likeness (QED) is 0.678. The van der Waals surface area contributed by atoms with E-state index in [0.29, 0.717) is 6.42 Å². The van der Waals surface area contributed by atoms with Gasteiger partial charge in [-0.2, -0.15) is 0 Å². The Morgan fingerprint density at radius 1 is 1.38 bits per heavy atom. The number of nitrogens with zero attached hydrogens (tertiary/aromatic N) is 1. The summed E-state index contributed by atoms with van der Waals surface area (Å²) >= 11 is 0. The molecule has 6 heteroatoms. The summed E-state index contributed by atoms with van der Waals surface area (Å²) < 4.78 is 4.80. The van der Waals surface area contributed by atoms with E-state index in [1.807, 2.05) is 6.92 Å². The molecule has 1 saturated heterocycles. The minimum atomic E-state index is -0.737. The van der Waals surface area contributed by atoms with Crippen molar-refractivity contribution in [2.24, 2.45) is 5.92 Å². The molecule has 6 nitrogen and oxygen atoms in total. The van der Waals surface area contributed by atoms with Crippen LogP contribution in [0.5, 0.6) is 0 Å². The van der Waals surface area contributed by atoms with Gasteiger partial charge in [-0.15, -0.1) is 0 Å². The molecule has 1 heterocycles. The predicted molar refractivity (Wildman–Crippen MR) is 55.5 cm³/mol. The maximum atomic E-state index is 11.8. The van der Waals surface area contributed by atoms with Gasteiger partial charge in [0.15, 0.2) is 0 Å². The summed E-state index contributed by atoms with van der Waals surface area (Å²) in [5, 5.41) is 2.18. The van der Waals surface area contributed by atoms with Crippen LogP contribution in [-0.4, -0.2) is 43.0 Å². The Bertz CT molecular complexity index is 303. The average molecular weight is 228 g/mol. The van der Waals surface area contributed by atoms with Crippen LogP contribution >= 0.6 is 0 Å². The van der Waals surface area contributed by atoms with Crippen LogP contribution < -0.4 is 5.32 Å². The molecule has 0 bridgehead atoms. The minimum Gasteiger partial charge on any atom is -0.383 e. The van der Waals surface area contributed by atoms with E-state index < -0.39 is 23.8 Å². The number of barbiturate groups is 1. The van der Waals surface area contributed by atoms with E-state index in [9.17, 15) is 14.4 Å². The van der Waals surface area contributed by atoms with Crippen molar-refractivity contribution in [2.45, 2.75) is 19.8 Å². The minimum absolute atomic E-state index is 0.175. The van der Waals surface area contributed by atoms with Crippen LogP contribution in [0.4, 0.5) is 4.79 Å². The van der Waals surface area contributed by atoms with Crippen molar-refractivity contribution < 1.29 is 19.1 Å². The first kappa shape index (κ1) is 12.6. The van der Waals surface area contributed by atoms with E-state index >= 15 is 0 Å². The third kappa shape index (κ3) is 2.57. The average Bonchev–Trinajstić information content (AvgIpc) is 2.24. The van der Waals surface area contributed by atoms with Gasteiger partial charge in [0.05, 0.1) is 13.2 Å². The largest absolute Gasteiger partial charge is 0.383 e. The van der Waals surface area contributed by atoms with Gasteiger partial charge in [0.25, 0.3) is 0 Å². The topological polar surface area (TPSA) is 75.7 Å². The Morgan fingerprint density at radius 3 is 2.62 bits per heavy atom. The molecule has 0 aromatic carbocycles. The SMILES string of the molecule is CCCC1C(=O)NC(=O)N(CCOC)C1=O. The van der Waals surface area contributed by atoms with E-state index in [0.717, 1.165) is 11.3 Å². The lowest BCUT2D eigenvalue weighted by Crippen LogP contribution is -2.58. The van der Waals surface area contributed by atoms with Crippen LogP contribution in [0, 0.1) is 5.92 Å². The number of amides is 4. The summed E-state index contributed by atoms with van der Waals surface area (Å²) in [6.45, 7) is 2.33. The van der Waals surface area contributed by atoms with Gasteiger partial charge in [0.1, 0.15) is 5.92 Å². The number of hydrogen-bond donors (Lipinski definition) is 1. The first-order valence-electron chi connectivity index (χ1n) is 5.27. The summed E-state index contributed by atoms with van der Waals surface area (Å²) in [5.41, 5.74) is 0. The summed E-state index contributed by atoms with van der Waals surface area (Å²) in [4.78, 5) is 35.7. The Labute approximate surface area is 93.9 Å². The second-order valence-electron chi connectivity index (χ2n) is 3.62. The lowest BCUT2D eigenvalue weighted by molar-refractivity contribution is -0.143. The van der Waals surface area contributed by atoms with Gasteiger partial charge >= 0.3 is 6.03 Å². The van der Waals surface area contributed by atoms with E-state index in [1.165, 1.54) is 7.11 Å². The number of carbonyl (C=O) groups excluding carboxylic acids is 3. The molecule has 1 fully saturated rings. The van der Waals surface area contributed by atoms with Crippen LogP contribution in [0.15, 0.2) is 0 Å². The Kier molecular flexibility index (Phi) is 4.42. The predicted octanol–water partition coefficient (Wildman–Crippen LogP) is 0.127. The number of urea groups is 1. The van der Waals surface area contributed by atoms with Crippen molar-refractivity contribution >= 4 is 17.8 Å². The Balaban J connectivity index is 2.73. The molecule has 0 spiro atoms. The number of hydrogen-bond acceptors (Lipinski definition) is 4. The molecular formula is C10H16N2O4. The van der Waals surface area contributed by atoms with E-state index in [4.69, 9.17) is 4.74 Å². The second-order valence-corrected chi connectivity index (χ2v) is 3.62. The third-order valence-electron chi connectivity index (χ3n) is 2.45. The van der Waals surface area contributed by atoms with Gasteiger partial charge in [-0.25, -0.2) is 4.79 Å². The van der Waals surface area contributed by atoms with E-state index in [-0.39, 0.29) is 13.2 Å². The number of carbonyl (C=O) groups is 3. The molecule has 1 aliphatic rings. The molecule has 1 N–H and O–H groups in total. The van der Waals surface area contributed by atoms with E-state index in [2.05, 4.69) is 5.32 Å². The highest BCUT2D eigenvalue weighted by Crippen LogP contribution is 2.15. The lowest BCUT2D eigenvalue weighted by atomic mass is 9.99. The van der Waals surface area contributed by atoms with Crippen molar-refractivity contribution in [1.29, 1.82) is 0 Å². The van der Waals surface area contributed by atoms with Crippen LogP contribution in [-0.2, 0) is 14.3 Å². The van der Waals surface area contributed by atoms with Crippen molar-refractivity contribution in [3.05, 3.63) is 0 Å². The summed E-state index contributed by atoms with van der Waals surface area (Å²) in [6, 6.07) is -0.653. The van der Waals surface area contributed by atoms with Gasteiger partial charge in [-0.05, 0) is 6.42 Å². The van der Waals surface area contributed by atoms with Gasteiger partial charge in [-0.3, -0.25) is 19.8 Å². The summed E-state index contributed by atoms with van der Waals surface area (Å²) in [6.07, 6.45) is 1.18. The van der Waals surface area contributed by atoms with Crippen LogP contribution in [0.2, 0.25) is 0 Å². The molecule has 1 atom stereocenters. The first-order chi connectivity index (χ1) is 7.61. The van der Waals surface area contributed by atoms with Crippen LogP contribution in [0.1, 0.15) is 19.8 Å². The molecule has 90 valence electrons. The molecule has 16 heavy (non-hydrogen) atoms. The van der Waals surface area contributed by atoms with Crippen molar-refractivity contribution in [3.63, 3.8) is 0 Å². The summed E-state index contributed by atoms with van der Waals surface area (Å²) in [7, 11) is 1.49. The highest BCUT2D eigenvalue weighted by atomic mass is 16.5. The zero-order valence-corrected chi connectivity index (χ0v) is 9.49. The zero-order valence-electron chi connectivity index (χ0n) is 9.49. The normalized spacial score (nSPS) is 21.2. The Hall–Kier alpha value is -1.43. The van der Waals surface area contributed by atoms with Crippen LogP contribution in [0.3, 0.4) is 0 Å². The fourth-order valence-corrected chi connectivity index (χ4v) is 1.60. The van der Waals surface area contributed by atoms with Gasteiger partial charge in [0, 0.05) is 7.11 Å². The van der Waals surface area contributed by atoms with Crippen molar-refractivity contribution in [3.8, 4) is 0 Å². The smallest absolute Gasteiger partial charge is 0.330 e. The summed E-state index contributed by atoms with van der Waals surface area (Å²) in [5.74, 6) is -1.65. The lowest BCUT2D eigenvalue weighted by Gasteiger charge is -2.29. The van der Waals surface area contributed by atoms with Crippen molar-refractivity contribution in [2.75, 3.05) is 20.3 Å². The fourth-order valence-electron chi connectivity index (χ4n) is 1.60. The molecule has 0 aromatic heterocycles. The third-order valence-corrected chi connectivity index (χ3v) is 2.45. The molecule has 0 aromatic rings. The van der Waals surface area contributed by atoms with Crippen LogP contribution in [0.25, 0.3) is 0 Å². The molecule has 1 aliphatic heterocycles. The van der Waals surface area contributed by atoms with Gasteiger partial charge < -0.3 is 4.74 Å². The van der Waals surface area contributed by atoms with Gasteiger partial charge in [0.2, 0.25) is 11.8 Å². The van der Waals surface area contributed by atoms with E-state index in [1.54, 1.807) is 0 Å². The monoisotopic (exact) mass is 228 g/mol. The molecule has 0 aliphatic carbocycles. The number of ether oxygens (including phenoxy) is 1. The fraction of sp³-hybridized carbons (Fsp3) is 0.700. The molecule has 4 amide bonds. The highest BCUT2D eigenvalue weighted by molar-refractivity contribution is 6.16. The zero-order chi connectivity index (χ0) is 12.1. The number of imide groups is 2.